The van der Waals surface area contributed by atoms with Gasteiger partial charge in [0.1, 0.15) is 11.4 Å². The topological polar surface area (TPSA) is 66.4 Å². The highest BCUT2D eigenvalue weighted by Gasteiger charge is 2.34. The Morgan fingerprint density at radius 3 is 2.50 bits per heavy atom. The quantitative estimate of drug-likeness (QED) is 0.841. The fraction of sp³-hybridized carbons (Fsp3) is 0.467. The molecular formula is C15H20FNO3. The van der Waals surface area contributed by atoms with Gasteiger partial charge in [-0.3, -0.25) is 4.79 Å². The Balaban J connectivity index is 2.73. The Kier molecular flexibility index (Phi) is 5.25. The Labute approximate surface area is 118 Å². The summed E-state index contributed by atoms with van der Waals surface area (Å²) >= 11 is 0. The van der Waals surface area contributed by atoms with Crippen LogP contribution in [0.1, 0.15) is 32.8 Å². The number of nitrogens with one attached hydrogen (secondary N) is 1. The van der Waals surface area contributed by atoms with E-state index in [1.807, 2.05) is 0 Å². The van der Waals surface area contributed by atoms with E-state index in [0.717, 1.165) is 0 Å². The van der Waals surface area contributed by atoms with Gasteiger partial charge in [0.05, 0.1) is 0 Å². The van der Waals surface area contributed by atoms with Gasteiger partial charge in [0.15, 0.2) is 0 Å². The molecule has 0 aliphatic rings. The minimum absolute atomic E-state index is 0.234. The maximum Gasteiger partial charge on any atom is 0.329 e. The summed E-state index contributed by atoms with van der Waals surface area (Å²) in [4.78, 5) is 23.2. The first-order valence-corrected chi connectivity index (χ1v) is 6.59. The summed E-state index contributed by atoms with van der Waals surface area (Å²) < 4.78 is 13.5. The zero-order valence-corrected chi connectivity index (χ0v) is 11.9. The van der Waals surface area contributed by atoms with E-state index in [-0.39, 0.29) is 24.6 Å². The summed E-state index contributed by atoms with van der Waals surface area (Å²) in [6.45, 7) is 4.80. The van der Waals surface area contributed by atoms with Gasteiger partial charge < -0.3 is 10.4 Å². The predicted octanol–water partition coefficient (Wildman–Crippen LogP) is 2.37. The summed E-state index contributed by atoms with van der Waals surface area (Å²) in [5.41, 5.74) is -0.843. The van der Waals surface area contributed by atoms with Gasteiger partial charge in [0.2, 0.25) is 5.91 Å². The number of halogens is 1. The molecule has 0 aromatic heterocycles. The molecule has 1 rings (SSSR count). The minimum atomic E-state index is -1.29. The highest BCUT2D eigenvalue weighted by molar-refractivity contribution is 5.87. The van der Waals surface area contributed by atoms with Gasteiger partial charge in [-0.05, 0) is 31.4 Å². The van der Waals surface area contributed by atoms with Crippen molar-refractivity contribution in [3.63, 3.8) is 0 Å². The van der Waals surface area contributed by atoms with Gasteiger partial charge in [-0.25, -0.2) is 9.18 Å². The standard InChI is InChI=1S/C15H20FNO3/c1-4-15(3,14(19)20)17-13(18)10(2)9-11-7-5-6-8-12(11)16/h5-8,10H,4,9H2,1-3H3,(H,17,18)(H,19,20). The van der Waals surface area contributed by atoms with Crippen molar-refractivity contribution in [1.82, 2.24) is 5.32 Å². The van der Waals surface area contributed by atoms with Crippen LogP contribution in [0.3, 0.4) is 0 Å². The molecule has 0 saturated heterocycles. The Bertz CT molecular complexity index is 504. The average Bonchev–Trinajstić information content (AvgIpc) is 2.40. The summed E-state index contributed by atoms with van der Waals surface area (Å²) in [5.74, 6) is -2.33. The van der Waals surface area contributed by atoms with Crippen molar-refractivity contribution in [2.24, 2.45) is 5.92 Å². The van der Waals surface area contributed by atoms with E-state index in [1.54, 1.807) is 32.0 Å². The highest BCUT2D eigenvalue weighted by Crippen LogP contribution is 2.15. The van der Waals surface area contributed by atoms with Crippen LogP contribution in [0.4, 0.5) is 4.39 Å². The van der Waals surface area contributed by atoms with Gasteiger partial charge in [-0.15, -0.1) is 0 Å². The van der Waals surface area contributed by atoms with E-state index in [4.69, 9.17) is 5.11 Å². The molecule has 110 valence electrons. The van der Waals surface area contributed by atoms with Crippen LogP contribution in [-0.4, -0.2) is 22.5 Å². The van der Waals surface area contributed by atoms with Crippen molar-refractivity contribution in [3.8, 4) is 0 Å². The second kappa shape index (κ2) is 6.50. The van der Waals surface area contributed by atoms with E-state index in [9.17, 15) is 14.0 Å². The molecule has 4 nitrogen and oxygen atoms in total. The number of hydrogen-bond donors (Lipinski definition) is 2. The largest absolute Gasteiger partial charge is 0.480 e. The van der Waals surface area contributed by atoms with Gasteiger partial charge in [-0.1, -0.05) is 32.0 Å². The lowest BCUT2D eigenvalue weighted by Gasteiger charge is -2.26. The number of rotatable bonds is 6. The van der Waals surface area contributed by atoms with Gasteiger partial charge >= 0.3 is 5.97 Å². The molecular weight excluding hydrogens is 261 g/mol. The Hall–Kier alpha value is -1.91. The fourth-order valence-corrected chi connectivity index (χ4v) is 1.77. The van der Waals surface area contributed by atoms with E-state index < -0.39 is 17.4 Å². The van der Waals surface area contributed by atoms with Crippen molar-refractivity contribution in [2.45, 2.75) is 39.2 Å². The molecule has 0 heterocycles. The molecule has 5 heteroatoms. The van der Waals surface area contributed by atoms with Crippen molar-refractivity contribution in [3.05, 3.63) is 35.6 Å². The van der Waals surface area contributed by atoms with Gasteiger partial charge in [0.25, 0.3) is 0 Å². The van der Waals surface area contributed by atoms with Crippen molar-refractivity contribution in [1.29, 1.82) is 0 Å². The zero-order valence-electron chi connectivity index (χ0n) is 11.9. The van der Waals surface area contributed by atoms with Crippen LogP contribution in [0, 0.1) is 11.7 Å². The fourth-order valence-electron chi connectivity index (χ4n) is 1.77. The first kappa shape index (κ1) is 16.1. The Morgan fingerprint density at radius 2 is 2.00 bits per heavy atom. The third kappa shape index (κ3) is 3.79. The van der Waals surface area contributed by atoms with Crippen LogP contribution in [0.25, 0.3) is 0 Å². The molecule has 0 spiro atoms. The summed E-state index contributed by atoms with van der Waals surface area (Å²) in [6.07, 6.45) is 0.512. The first-order valence-electron chi connectivity index (χ1n) is 6.59. The molecule has 1 aromatic rings. The molecule has 0 aliphatic carbocycles. The van der Waals surface area contributed by atoms with Crippen LogP contribution in [0.15, 0.2) is 24.3 Å². The lowest BCUT2D eigenvalue weighted by atomic mass is 9.95. The second-order valence-electron chi connectivity index (χ2n) is 5.18. The number of carbonyl (C=O) groups is 2. The second-order valence-corrected chi connectivity index (χ2v) is 5.18. The number of benzene rings is 1. The van der Waals surface area contributed by atoms with E-state index in [2.05, 4.69) is 5.32 Å². The number of carboxylic acid groups (broad SMARTS) is 1. The van der Waals surface area contributed by atoms with Crippen molar-refractivity contribution >= 4 is 11.9 Å². The molecule has 20 heavy (non-hydrogen) atoms. The van der Waals surface area contributed by atoms with Crippen LogP contribution >= 0.6 is 0 Å². The summed E-state index contributed by atoms with van der Waals surface area (Å²) in [5, 5.41) is 11.6. The number of hydrogen-bond acceptors (Lipinski definition) is 2. The first-order chi connectivity index (χ1) is 9.30. The maximum absolute atomic E-state index is 13.5. The van der Waals surface area contributed by atoms with Crippen LogP contribution in [0.5, 0.6) is 0 Å². The highest BCUT2D eigenvalue weighted by atomic mass is 19.1. The molecule has 2 unspecified atom stereocenters. The van der Waals surface area contributed by atoms with Crippen LogP contribution < -0.4 is 5.32 Å². The smallest absolute Gasteiger partial charge is 0.329 e. The third-order valence-electron chi connectivity index (χ3n) is 3.51. The molecule has 0 radical (unpaired) electrons. The molecule has 1 amide bonds. The molecule has 1 aromatic carbocycles. The van der Waals surface area contributed by atoms with Gasteiger partial charge in [-0.2, -0.15) is 0 Å². The number of amides is 1. The third-order valence-corrected chi connectivity index (χ3v) is 3.51. The molecule has 0 aliphatic heterocycles. The lowest BCUT2D eigenvalue weighted by molar-refractivity contribution is -0.147. The number of carbonyl (C=O) groups excluding carboxylic acids is 1. The average molecular weight is 281 g/mol. The van der Waals surface area contributed by atoms with Gasteiger partial charge in [0, 0.05) is 5.92 Å². The number of carboxylic acids is 1. The molecule has 0 bridgehead atoms. The van der Waals surface area contributed by atoms with E-state index >= 15 is 0 Å². The lowest BCUT2D eigenvalue weighted by Crippen LogP contribution is -2.53. The van der Waals surface area contributed by atoms with Crippen molar-refractivity contribution in [2.75, 3.05) is 0 Å². The predicted molar refractivity (Wildman–Crippen MR) is 73.7 cm³/mol. The zero-order chi connectivity index (χ0) is 15.3. The maximum atomic E-state index is 13.5. The van der Waals surface area contributed by atoms with Crippen LogP contribution in [0.2, 0.25) is 0 Å². The summed E-state index contributed by atoms with van der Waals surface area (Å²) in [6, 6.07) is 6.25. The summed E-state index contributed by atoms with van der Waals surface area (Å²) in [7, 11) is 0. The SMILES string of the molecule is CCC(C)(NC(=O)C(C)Cc1ccccc1F)C(=O)O. The van der Waals surface area contributed by atoms with Crippen LogP contribution in [-0.2, 0) is 16.0 Å². The minimum Gasteiger partial charge on any atom is -0.480 e. The Morgan fingerprint density at radius 1 is 1.40 bits per heavy atom. The molecule has 2 atom stereocenters. The van der Waals surface area contributed by atoms with E-state index in [1.165, 1.54) is 13.0 Å². The molecule has 0 fully saturated rings. The number of aliphatic carboxylic acids is 1. The van der Waals surface area contributed by atoms with E-state index in [0.29, 0.717) is 5.56 Å². The molecule has 2 N–H and O–H groups in total. The monoisotopic (exact) mass is 281 g/mol. The molecule has 0 saturated carbocycles. The van der Waals surface area contributed by atoms with Crippen molar-refractivity contribution < 1.29 is 19.1 Å². The normalized spacial score (nSPS) is 15.2.